The van der Waals surface area contributed by atoms with E-state index in [1.807, 2.05) is 6.92 Å². The van der Waals surface area contributed by atoms with Gasteiger partial charge in [0.05, 0.1) is 4.92 Å². The number of anilines is 1. The largest absolute Gasteiger partial charge is 0.480 e. The Kier molecular flexibility index (Phi) is 3.92. The second kappa shape index (κ2) is 5.48. The molecule has 1 saturated heterocycles. The summed E-state index contributed by atoms with van der Waals surface area (Å²) in [5.74, 6) is -0.950. The second-order valence-corrected chi connectivity index (χ2v) is 5.35. The number of carboxylic acid groups (broad SMARTS) is 1. The minimum Gasteiger partial charge on any atom is -0.480 e. The molecule has 2 unspecified atom stereocenters. The van der Waals surface area contributed by atoms with Gasteiger partial charge in [-0.1, -0.05) is 13.0 Å². The van der Waals surface area contributed by atoms with E-state index < -0.39 is 16.9 Å². The van der Waals surface area contributed by atoms with E-state index in [9.17, 15) is 20.0 Å². The van der Waals surface area contributed by atoms with Crippen LogP contribution in [0.5, 0.6) is 0 Å². The summed E-state index contributed by atoms with van der Waals surface area (Å²) in [5, 5.41) is 20.6. The lowest BCUT2D eigenvalue weighted by Crippen LogP contribution is -2.49. The smallest absolute Gasteiger partial charge is 0.326 e. The molecule has 0 saturated carbocycles. The first-order chi connectivity index (χ1) is 9.41. The molecule has 6 heteroatoms. The first-order valence-corrected chi connectivity index (χ1v) is 6.66. The van der Waals surface area contributed by atoms with E-state index in [1.54, 1.807) is 24.0 Å². The van der Waals surface area contributed by atoms with Crippen LogP contribution >= 0.6 is 0 Å². The first-order valence-electron chi connectivity index (χ1n) is 6.66. The standard InChI is InChI=1S/C14H18N2O4/c1-9-5-6-11(12(8-9)16(19)20)15-7-3-4-10(2)13(15)14(17)18/h5-6,8,10,13H,3-4,7H2,1-2H3,(H,17,18). The third-order valence-electron chi connectivity index (χ3n) is 3.82. The van der Waals surface area contributed by atoms with Crippen molar-refractivity contribution in [1.82, 2.24) is 0 Å². The van der Waals surface area contributed by atoms with Gasteiger partial charge in [0.2, 0.25) is 0 Å². The van der Waals surface area contributed by atoms with Gasteiger partial charge in [0.15, 0.2) is 0 Å². The number of rotatable bonds is 3. The highest BCUT2D eigenvalue weighted by Gasteiger charge is 2.36. The summed E-state index contributed by atoms with van der Waals surface area (Å²) in [7, 11) is 0. The van der Waals surface area contributed by atoms with E-state index in [4.69, 9.17) is 0 Å². The van der Waals surface area contributed by atoms with Crippen molar-refractivity contribution in [3.05, 3.63) is 33.9 Å². The zero-order chi connectivity index (χ0) is 14.9. The highest BCUT2D eigenvalue weighted by molar-refractivity contribution is 5.81. The highest BCUT2D eigenvalue weighted by atomic mass is 16.6. The molecule has 108 valence electrons. The van der Waals surface area contributed by atoms with Gasteiger partial charge in [0.1, 0.15) is 11.7 Å². The number of benzene rings is 1. The monoisotopic (exact) mass is 278 g/mol. The molecule has 0 amide bonds. The van der Waals surface area contributed by atoms with Crippen molar-refractivity contribution >= 4 is 17.3 Å². The fraction of sp³-hybridized carbons (Fsp3) is 0.500. The minimum atomic E-state index is -0.924. The summed E-state index contributed by atoms with van der Waals surface area (Å²) in [6.45, 7) is 4.19. The number of carboxylic acids is 1. The molecule has 1 heterocycles. The molecule has 1 aromatic rings. The summed E-state index contributed by atoms with van der Waals surface area (Å²) < 4.78 is 0. The molecular weight excluding hydrogens is 260 g/mol. The predicted molar refractivity (Wildman–Crippen MR) is 75.0 cm³/mol. The third-order valence-corrected chi connectivity index (χ3v) is 3.82. The number of hydrogen-bond donors (Lipinski definition) is 1. The number of nitro benzene ring substituents is 1. The van der Waals surface area contributed by atoms with Crippen LogP contribution < -0.4 is 4.90 Å². The van der Waals surface area contributed by atoms with E-state index in [1.165, 1.54) is 6.07 Å². The van der Waals surface area contributed by atoms with Gasteiger partial charge in [-0.15, -0.1) is 0 Å². The van der Waals surface area contributed by atoms with Crippen LogP contribution in [0.4, 0.5) is 11.4 Å². The molecule has 0 aromatic heterocycles. The predicted octanol–water partition coefficient (Wildman–Crippen LogP) is 2.59. The Hall–Kier alpha value is -2.11. The van der Waals surface area contributed by atoms with Crippen molar-refractivity contribution < 1.29 is 14.8 Å². The maximum absolute atomic E-state index is 11.5. The van der Waals surface area contributed by atoms with Gasteiger partial charge in [-0.25, -0.2) is 4.79 Å². The van der Waals surface area contributed by atoms with E-state index in [-0.39, 0.29) is 11.6 Å². The molecule has 1 aliphatic heterocycles. The van der Waals surface area contributed by atoms with Crippen LogP contribution in [0, 0.1) is 23.0 Å². The Labute approximate surface area is 117 Å². The van der Waals surface area contributed by atoms with Crippen molar-refractivity contribution in [1.29, 1.82) is 0 Å². The van der Waals surface area contributed by atoms with Crippen LogP contribution in [0.25, 0.3) is 0 Å². The van der Waals surface area contributed by atoms with Crippen LogP contribution in [0.1, 0.15) is 25.3 Å². The van der Waals surface area contributed by atoms with Gasteiger partial charge in [-0.2, -0.15) is 0 Å². The Morgan fingerprint density at radius 3 is 2.80 bits per heavy atom. The van der Waals surface area contributed by atoms with Crippen molar-refractivity contribution in [3.63, 3.8) is 0 Å². The molecule has 20 heavy (non-hydrogen) atoms. The quantitative estimate of drug-likeness (QED) is 0.678. The zero-order valence-electron chi connectivity index (χ0n) is 11.6. The third kappa shape index (κ3) is 2.59. The fourth-order valence-corrected chi connectivity index (χ4v) is 2.86. The van der Waals surface area contributed by atoms with E-state index in [2.05, 4.69) is 0 Å². The lowest BCUT2D eigenvalue weighted by atomic mass is 9.90. The maximum Gasteiger partial charge on any atom is 0.326 e. The summed E-state index contributed by atoms with van der Waals surface area (Å²) in [6.07, 6.45) is 1.67. The minimum absolute atomic E-state index is 0.0228. The van der Waals surface area contributed by atoms with E-state index >= 15 is 0 Å². The van der Waals surface area contributed by atoms with E-state index in [0.717, 1.165) is 18.4 Å². The van der Waals surface area contributed by atoms with Crippen LogP contribution in [-0.2, 0) is 4.79 Å². The zero-order valence-corrected chi connectivity index (χ0v) is 11.6. The van der Waals surface area contributed by atoms with Crippen LogP contribution in [0.15, 0.2) is 18.2 Å². The average Bonchev–Trinajstić information content (AvgIpc) is 2.37. The fourth-order valence-electron chi connectivity index (χ4n) is 2.86. The average molecular weight is 278 g/mol. The summed E-state index contributed by atoms with van der Waals surface area (Å²) in [4.78, 5) is 23.9. The molecule has 1 aliphatic rings. The Morgan fingerprint density at radius 2 is 2.20 bits per heavy atom. The summed E-state index contributed by atoms with van der Waals surface area (Å²) >= 11 is 0. The van der Waals surface area contributed by atoms with Gasteiger partial charge in [0, 0.05) is 12.6 Å². The topological polar surface area (TPSA) is 83.7 Å². The maximum atomic E-state index is 11.5. The van der Waals surface area contributed by atoms with Gasteiger partial charge in [-0.05, 0) is 37.3 Å². The van der Waals surface area contributed by atoms with E-state index in [0.29, 0.717) is 12.2 Å². The number of aryl methyl sites for hydroxylation is 1. The number of aliphatic carboxylic acids is 1. The molecule has 6 nitrogen and oxygen atoms in total. The van der Waals surface area contributed by atoms with Gasteiger partial charge in [-0.3, -0.25) is 10.1 Å². The van der Waals surface area contributed by atoms with Crippen molar-refractivity contribution in [2.75, 3.05) is 11.4 Å². The molecular formula is C14H18N2O4. The van der Waals surface area contributed by atoms with Crippen molar-refractivity contribution in [3.8, 4) is 0 Å². The molecule has 1 aromatic carbocycles. The summed E-state index contributed by atoms with van der Waals surface area (Å²) in [6, 6.07) is 4.22. The highest BCUT2D eigenvalue weighted by Crippen LogP contribution is 2.35. The SMILES string of the molecule is Cc1ccc(N2CCCC(C)C2C(=O)O)c([N+](=O)[O-])c1. The lowest BCUT2D eigenvalue weighted by Gasteiger charge is -2.38. The molecule has 2 rings (SSSR count). The molecule has 0 bridgehead atoms. The van der Waals surface area contributed by atoms with Gasteiger partial charge in [0.25, 0.3) is 5.69 Å². The van der Waals surface area contributed by atoms with Crippen molar-refractivity contribution in [2.45, 2.75) is 32.7 Å². The van der Waals surface area contributed by atoms with Crippen LogP contribution in [0.3, 0.4) is 0 Å². The van der Waals surface area contributed by atoms with Gasteiger partial charge < -0.3 is 10.0 Å². The molecule has 1 fully saturated rings. The normalized spacial score (nSPS) is 22.6. The van der Waals surface area contributed by atoms with Crippen molar-refractivity contribution in [2.24, 2.45) is 5.92 Å². The van der Waals surface area contributed by atoms with Crippen LogP contribution in [0.2, 0.25) is 0 Å². The molecule has 0 aliphatic carbocycles. The molecule has 0 radical (unpaired) electrons. The number of hydrogen-bond acceptors (Lipinski definition) is 4. The molecule has 1 N–H and O–H groups in total. The number of carbonyl (C=O) groups is 1. The first kappa shape index (κ1) is 14.3. The lowest BCUT2D eigenvalue weighted by molar-refractivity contribution is -0.384. The molecule has 2 atom stereocenters. The van der Waals surface area contributed by atoms with Crippen LogP contribution in [-0.4, -0.2) is 28.6 Å². The Morgan fingerprint density at radius 1 is 1.50 bits per heavy atom. The summed E-state index contributed by atoms with van der Waals surface area (Å²) in [5.41, 5.74) is 1.17. The number of nitro groups is 1. The number of nitrogens with zero attached hydrogens (tertiary/aromatic N) is 2. The second-order valence-electron chi connectivity index (χ2n) is 5.35. The Balaban J connectivity index is 2.48. The molecule has 0 spiro atoms. The Bertz CT molecular complexity index is 544. The number of piperidine rings is 1. The van der Waals surface area contributed by atoms with Gasteiger partial charge >= 0.3 is 5.97 Å².